The van der Waals surface area contributed by atoms with E-state index in [-0.39, 0.29) is 37.3 Å². The molecular formula is C21H29N3O4. The SMILES string of the molecule is CCOC(=O)C1=C(C)N(CC(=O)NCCN(C)C)C(=O)CC1c1ccccc1. The second kappa shape index (κ2) is 10.0. The van der Waals surface area contributed by atoms with Crippen molar-refractivity contribution in [3.05, 3.63) is 47.2 Å². The molecule has 7 heteroatoms. The van der Waals surface area contributed by atoms with E-state index in [2.05, 4.69) is 5.32 Å². The molecule has 0 aliphatic carbocycles. The highest BCUT2D eigenvalue weighted by Crippen LogP contribution is 2.36. The monoisotopic (exact) mass is 387 g/mol. The molecular weight excluding hydrogens is 358 g/mol. The molecule has 0 fully saturated rings. The van der Waals surface area contributed by atoms with Crippen LogP contribution in [0.1, 0.15) is 31.7 Å². The van der Waals surface area contributed by atoms with Crippen molar-refractivity contribution in [1.82, 2.24) is 15.1 Å². The maximum Gasteiger partial charge on any atom is 0.336 e. The van der Waals surface area contributed by atoms with Gasteiger partial charge >= 0.3 is 5.97 Å². The summed E-state index contributed by atoms with van der Waals surface area (Å²) in [6, 6.07) is 9.44. The number of carbonyl (C=O) groups is 3. The molecule has 1 aliphatic rings. The summed E-state index contributed by atoms with van der Waals surface area (Å²) in [4.78, 5) is 41.1. The lowest BCUT2D eigenvalue weighted by molar-refractivity contribution is -0.141. The van der Waals surface area contributed by atoms with Gasteiger partial charge in [0.25, 0.3) is 0 Å². The summed E-state index contributed by atoms with van der Waals surface area (Å²) >= 11 is 0. The predicted molar refractivity (Wildman–Crippen MR) is 106 cm³/mol. The van der Waals surface area contributed by atoms with Gasteiger partial charge in [-0.25, -0.2) is 4.79 Å². The first kappa shape index (κ1) is 21.6. The number of hydrogen-bond donors (Lipinski definition) is 1. The van der Waals surface area contributed by atoms with Crippen molar-refractivity contribution in [1.29, 1.82) is 0 Å². The number of carbonyl (C=O) groups excluding carboxylic acids is 3. The molecule has 0 spiro atoms. The van der Waals surface area contributed by atoms with E-state index in [9.17, 15) is 14.4 Å². The zero-order valence-electron chi connectivity index (χ0n) is 17.0. The van der Waals surface area contributed by atoms with Gasteiger partial charge in [0.05, 0.1) is 12.2 Å². The lowest BCUT2D eigenvalue weighted by Crippen LogP contribution is -2.45. The average molecular weight is 387 g/mol. The minimum atomic E-state index is -0.445. The number of ether oxygens (including phenoxy) is 1. The minimum absolute atomic E-state index is 0.109. The third kappa shape index (κ3) is 5.42. The van der Waals surface area contributed by atoms with E-state index < -0.39 is 5.97 Å². The fraction of sp³-hybridized carbons (Fsp3) is 0.476. The molecule has 1 aromatic carbocycles. The topological polar surface area (TPSA) is 79.0 Å². The van der Waals surface area contributed by atoms with Gasteiger partial charge in [-0.1, -0.05) is 30.3 Å². The van der Waals surface area contributed by atoms with Crippen LogP contribution in [0, 0.1) is 0 Å². The quantitative estimate of drug-likeness (QED) is 0.684. The normalized spacial score (nSPS) is 17.1. The molecule has 1 unspecified atom stereocenters. The van der Waals surface area contributed by atoms with Crippen molar-refractivity contribution in [2.45, 2.75) is 26.2 Å². The van der Waals surface area contributed by atoms with Crippen molar-refractivity contribution in [3.8, 4) is 0 Å². The number of likely N-dealkylation sites (N-methyl/N-ethyl adjacent to an activating group) is 1. The van der Waals surface area contributed by atoms with Gasteiger partial charge in [-0.2, -0.15) is 0 Å². The molecule has 0 saturated heterocycles. The Morgan fingerprint density at radius 2 is 1.93 bits per heavy atom. The summed E-state index contributed by atoms with van der Waals surface area (Å²) in [5.74, 6) is -1.25. The van der Waals surface area contributed by atoms with Gasteiger partial charge in [0.15, 0.2) is 0 Å². The standard InChI is InChI=1S/C21H29N3O4/c1-5-28-21(27)20-15(2)24(14-18(25)22-11-12-23(3)4)19(26)13-17(20)16-9-7-6-8-10-16/h6-10,17H,5,11-14H2,1-4H3,(H,22,25). The molecule has 7 nitrogen and oxygen atoms in total. The fourth-order valence-corrected chi connectivity index (χ4v) is 3.27. The Bertz CT molecular complexity index is 743. The van der Waals surface area contributed by atoms with Crippen LogP contribution in [0.15, 0.2) is 41.6 Å². The Balaban J connectivity index is 2.27. The number of rotatable bonds is 8. The number of allylic oxidation sites excluding steroid dienone is 1. The highest BCUT2D eigenvalue weighted by molar-refractivity contribution is 5.97. The summed E-state index contributed by atoms with van der Waals surface area (Å²) in [6.45, 7) is 4.78. The van der Waals surface area contributed by atoms with Gasteiger partial charge in [-0.05, 0) is 33.5 Å². The van der Waals surface area contributed by atoms with E-state index in [1.54, 1.807) is 13.8 Å². The second-order valence-corrected chi connectivity index (χ2v) is 7.02. The molecule has 28 heavy (non-hydrogen) atoms. The van der Waals surface area contributed by atoms with Gasteiger partial charge in [-0.15, -0.1) is 0 Å². The predicted octanol–water partition coefficient (Wildman–Crippen LogP) is 1.52. The maximum atomic E-state index is 12.8. The Morgan fingerprint density at radius 1 is 1.25 bits per heavy atom. The third-order valence-electron chi connectivity index (χ3n) is 4.70. The van der Waals surface area contributed by atoms with Crippen molar-refractivity contribution < 1.29 is 19.1 Å². The van der Waals surface area contributed by atoms with Crippen LogP contribution in [-0.2, 0) is 19.1 Å². The Morgan fingerprint density at radius 3 is 2.54 bits per heavy atom. The first-order chi connectivity index (χ1) is 13.3. The smallest absolute Gasteiger partial charge is 0.336 e. The first-order valence-corrected chi connectivity index (χ1v) is 9.49. The zero-order chi connectivity index (χ0) is 20.7. The molecule has 152 valence electrons. The van der Waals surface area contributed by atoms with E-state index in [1.165, 1.54) is 4.90 Å². The molecule has 1 aromatic rings. The van der Waals surface area contributed by atoms with Gasteiger partial charge in [0.1, 0.15) is 6.54 Å². The van der Waals surface area contributed by atoms with E-state index in [0.29, 0.717) is 24.4 Å². The average Bonchev–Trinajstić information content (AvgIpc) is 2.65. The van der Waals surface area contributed by atoms with Crippen molar-refractivity contribution in [2.24, 2.45) is 0 Å². The van der Waals surface area contributed by atoms with Crippen molar-refractivity contribution >= 4 is 17.8 Å². The van der Waals surface area contributed by atoms with E-state index in [1.807, 2.05) is 49.3 Å². The largest absolute Gasteiger partial charge is 0.463 e. The van der Waals surface area contributed by atoms with Crippen LogP contribution in [0.4, 0.5) is 0 Å². The Labute approximate surface area is 166 Å². The second-order valence-electron chi connectivity index (χ2n) is 7.02. The van der Waals surface area contributed by atoms with Gasteiger partial charge in [0, 0.05) is 31.1 Å². The molecule has 0 saturated carbocycles. The number of hydrogen-bond acceptors (Lipinski definition) is 5. The summed E-state index contributed by atoms with van der Waals surface area (Å²) < 4.78 is 5.24. The van der Waals surface area contributed by atoms with Crippen LogP contribution in [-0.4, -0.2) is 67.9 Å². The first-order valence-electron chi connectivity index (χ1n) is 9.49. The van der Waals surface area contributed by atoms with Crippen molar-refractivity contribution in [2.75, 3.05) is 40.3 Å². The van der Waals surface area contributed by atoms with Gasteiger partial charge in [0.2, 0.25) is 11.8 Å². The maximum absolute atomic E-state index is 12.8. The number of nitrogens with zero attached hydrogens (tertiary/aromatic N) is 2. The Kier molecular flexibility index (Phi) is 7.75. The summed E-state index contributed by atoms with van der Waals surface area (Å²) in [7, 11) is 3.84. The summed E-state index contributed by atoms with van der Waals surface area (Å²) in [5, 5.41) is 2.80. The lowest BCUT2D eigenvalue weighted by atomic mass is 9.83. The summed E-state index contributed by atoms with van der Waals surface area (Å²) in [6.07, 6.45) is 0.125. The molecule has 1 heterocycles. The van der Waals surface area contributed by atoms with Crippen LogP contribution in [0.5, 0.6) is 0 Å². The lowest BCUT2D eigenvalue weighted by Gasteiger charge is -2.34. The number of nitrogens with one attached hydrogen (secondary N) is 1. The van der Waals surface area contributed by atoms with Crippen LogP contribution < -0.4 is 5.32 Å². The molecule has 0 aromatic heterocycles. The molecule has 2 amide bonds. The number of esters is 1. The molecule has 1 atom stereocenters. The van der Waals surface area contributed by atoms with Crippen LogP contribution in [0.25, 0.3) is 0 Å². The molecule has 0 bridgehead atoms. The highest BCUT2D eigenvalue weighted by atomic mass is 16.5. The number of benzene rings is 1. The highest BCUT2D eigenvalue weighted by Gasteiger charge is 2.37. The van der Waals surface area contributed by atoms with E-state index in [0.717, 1.165) is 5.56 Å². The van der Waals surface area contributed by atoms with Crippen molar-refractivity contribution in [3.63, 3.8) is 0 Å². The molecule has 1 N–H and O–H groups in total. The Hall–Kier alpha value is -2.67. The van der Waals surface area contributed by atoms with E-state index in [4.69, 9.17) is 4.74 Å². The molecule has 0 radical (unpaired) electrons. The van der Waals surface area contributed by atoms with Crippen LogP contribution >= 0.6 is 0 Å². The van der Waals surface area contributed by atoms with E-state index >= 15 is 0 Å². The molecule has 1 aliphatic heterocycles. The fourth-order valence-electron chi connectivity index (χ4n) is 3.27. The minimum Gasteiger partial charge on any atom is -0.463 e. The van der Waals surface area contributed by atoms with Crippen LogP contribution in [0.2, 0.25) is 0 Å². The van der Waals surface area contributed by atoms with Gasteiger partial charge in [-0.3, -0.25) is 9.59 Å². The number of amides is 2. The third-order valence-corrected chi connectivity index (χ3v) is 4.70. The summed E-state index contributed by atoms with van der Waals surface area (Å²) in [5.41, 5.74) is 1.80. The van der Waals surface area contributed by atoms with Crippen LogP contribution in [0.3, 0.4) is 0 Å². The van der Waals surface area contributed by atoms with Gasteiger partial charge < -0.3 is 19.9 Å². The molecule has 2 rings (SSSR count). The zero-order valence-corrected chi connectivity index (χ0v) is 17.0.